The zero-order valence-electron chi connectivity index (χ0n) is 15.0. The van der Waals surface area contributed by atoms with Crippen LogP contribution in [0.25, 0.3) is 10.2 Å². The van der Waals surface area contributed by atoms with Crippen LogP contribution in [0, 0.1) is 5.82 Å². The number of rotatable bonds is 8. The van der Waals surface area contributed by atoms with Gasteiger partial charge in [-0.15, -0.1) is 5.10 Å². The summed E-state index contributed by atoms with van der Waals surface area (Å²) in [4.78, 5) is 0. The van der Waals surface area contributed by atoms with Crippen LogP contribution >= 0.6 is 51.0 Å². The lowest BCUT2D eigenvalue weighted by molar-refractivity contribution is 0.0865. The molecule has 1 aliphatic rings. The number of aromatic nitrogens is 2. The van der Waals surface area contributed by atoms with Crippen LogP contribution in [-0.2, 0) is 0 Å². The molecule has 154 valence electrons. The Bertz CT molecular complexity index is 1050. The molecule has 4 rings (SSSR count). The fourth-order valence-electron chi connectivity index (χ4n) is 2.96. The van der Waals surface area contributed by atoms with E-state index >= 15 is 4.39 Å². The maximum absolute atomic E-state index is 15.2. The molecule has 0 radical (unpaired) electrons. The average Bonchev–Trinajstić information content (AvgIpc) is 3.28. The van der Waals surface area contributed by atoms with Crippen LogP contribution in [0.5, 0.6) is 0 Å². The average molecular weight is 520 g/mol. The number of benzene rings is 2. The summed E-state index contributed by atoms with van der Waals surface area (Å²) in [7, 11) is 0. The summed E-state index contributed by atoms with van der Waals surface area (Å²) >= 11 is 12.2. The molecule has 0 bridgehead atoms. The van der Waals surface area contributed by atoms with Crippen molar-refractivity contribution in [3.05, 3.63) is 39.6 Å². The molecule has 3 aromatic rings. The number of hydrogen-bond acceptors (Lipinski definition) is 8. The third-order valence-corrected chi connectivity index (χ3v) is 7.49. The van der Waals surface area contributed by atoms with E-state index in [4.69, 9.17) is 16.7 Å². The third kappa shape index (κ3) is 4.62. The van der Waals surface area contributed by atoms with Gasteiger partial charge in [-0.1, -0.05) is 32.0 Å². The molecule has 1 unspecified atom stereocenters. The van der Waals surface area contributed by atoms with Crippen LogP contribution in [-0.4, -0.2) is 37.3 Å². The summed E-state index contributed by atoms with van der Waals surface area (Å²) in [5, 5.41) is 26.3. The van der Waals surface area contributed by atoms with E-state index in [1.807, 2.05) is 6.07 Å². The Morgan fingerprint density at radius 2 is 2.14 bits per heavy atom. The summed E-state index contributed by atoms with van der Waals surface area (Å²) in [5.41, 5.74) is 1.51. The standard InChI is InChI=1S/C18H17BrClFN4O2S2/c19-9-1-2-12(11(20)5-9)22-16-13(6-14-17(15(16)21)23-25-28-14)24-29-18(3-4-18)7-10(27)8-26/h1-2,5-6,10,22,24,26-27H,3-4,7-8H2. The predicted octanol–water partition coefficient (Wildman–Crippen LogP) is 5.33. The van der Waals surface area contributed by atoms with Crippen LogP contribution in [0.4, 0.5) is 21.5 Å². The minimum absolute atomic E-state index is 0.175. The summed E-state index contributed by atoms with van der Waals surface area (Å²) in [6.45, 7) is -0.274. The largest absolute Gasteiger partial charge is 0.394 e. The fourth-order valence-corrected chi connectivity index (χ4v) is 5.35. The molecule has 0 spiro atoms. The lowest BCUT2D eigenvalue weighted by Gasteiger charge is -2.20. The second-order valence-corrected chi connectivity index (χ2v) is 10.3. The van der Waals surface area contributed by atoms with Gasteiger partial charge in [-0.05, 0) is 67.0 Å². The number of hydrogen-bond donors (Lipinski definition) is 4. The molecule has 0 saturated heterocycles. The SMILES string of the molecule is OCC(O)CC1(SNc2cc3snnc3c(F)c2Nc2ccc(Br)cc2Cl)CC1. The Kier molecular flexibility index (Phi) is 6.19. The molecule has 1 fully saturated rings. The van der Waals surface area contributed by atoms with Crippen LogP contribution in [0.15, 0.2) is 28.7 Å². The first kappa shape index (κ1) is 21.1. The van der Waals surface area contributed by atoms with E-state index in [1.165, 1.54) is 11.9 Å². The van der Waals surface area contributed by atoms with E-state index in [9.17, 15) is 5.11 Å². The van der Waals surface area contributed by atoms with Crippen LogP contribution in [0.1, 0.15) is 19.3 Å². The number of fused-ring (bicyclic) bond motifs is 1. The molecular weight excluding hydrogens is 503 g/mol. The van der Waals surface area contributed by atoms with Crippen LogP contribution < -0.4 is 10.0 Å². The fraction of sp³-hybridized carbons (Fsp3) is 0.333. The molecule has 4 N–H and O–H groups in total. The highest BCUT2D eigenvalue weighted by atomic mass is 79.9. The lowest BCUT2D eigenvalue weighted by atomic mass is 10.2. The number of anilines is 3. The monoisotopic (exact) mass is 518 g/mol. The molecule has 11 heteroatoms. The molecule has 0 amide bonds. The molecule has 6 nitrogen and oxygen atoms in total. The van der Waals surface area contributed by atoms with Crippen LogP contribution in [0.3, 0.4) is 0 Å². The van der Waals surface area contributed by atoms with Crippen molar-refractivity contribution in [2.75, 3.05) is 16.6 Å². The van der Waals surface area contributed by atoms with Gasteiger partial charge in [0.25, 0.3) is 0 Å². The first-order valence-electron chi connectivity index (χ1n) is 8.80. The molecule has 1 heterocycles. The Morgan fingerprint density at radius 3 is 2.83 bits per heavy atom. The number of nitrogens with zero attached hydrogens (tertiary/aromatic N) is 2. The maximum Gasteiger partial charge on any atom is 0.177 e. The topological polar surface area (TPSA) is 90.3 Å². The summed E-state index contributed by atoms with van der Waals surface area (Å²) in [6.07, 6.45) is 1.52. The first-order chi connectivity index (χ1) is 13.9. The third-order valence-electron chi connectivity index (χ3n) is 4.68. The van der Waals surface area contributed by atoms with E-state index in [2.05, 4.69) is 35.6 Å². The smallest absolute Gasteiger partial charge is 0.177 e. The van der Waals surface area contributed by atoms with Gasteiger partial charge in [0.15, 0.2) is 5.82 Å². The predicted molar refractivity (Wildman–Crippen MR) is 121 cm³/mol. The van der Waals surface area contributed by atoms with E-state index < -0.39 is 11.9 Å². The van der Waals surface area contributed by atoms with Gasteiger partial charge >= 0.3 is 0 Å². The number of aliphatic hydroxyl groups excluding tert-OH is 2. The Labute approximate surface area is 188 Å². The van der Waals surface area contributed by atoms with Gasteiger partial charge in [0.1, 0.15) is 11.2 Å². The molecule has 1 aliphatic carbocycles. The van der Waals surface area contributed by atoms with E-state index in [-0.39, 0.29) is 22.6 Å². The summed E-state index contributed by atoms with van der Waals surface area (Å²) < 4.78 is 23.6. The number of halogens is 3. The Hall–Kier alpha value is -1.17. The molecule has 1 atom stereocenters. The van der Waals surface area contributed by atoms with Gasteiger partial charge in [-0.2, -0.15) is 0 Å². The van der Waals surface area contributed by atoms with E-state index in [0.717, 1.165) is 28.8 Å². The quantitative estimate of drug-likeness (QED) is 0.299. The molecule has 2 aromatic carbocycles. The minimum Gasteiger partial charge on any atom is -0.394 e. The second kappa shape index (κ2) is 8.52. The lowest BCUT2D eigenvalue weighted by Crippen LogP contribution is -2.21. The molecule has 1 saturated carbocycles. The Balaban J connectivity index is 1.64. The van der Waals surface area contributed by atoms with Crippen molar-refractivity contribution in [1.82, 2.24) is 9.59 Å². The highest BCUT2D eigenvalue weighted by Crippen LogP contribution is 2.52. The number of nitrogens with one attached hydrogen (secondary N) is 2. The normalized spacial score (nSPS) is 16.0. The van der Waals surface area contributed by atoms with E-state index in [0.29, 0.717) is 27.5 Å². The van der Waals surface area contributed by atoms with Gasteiger partial charge < -0.3 is 20.3 Å². The van der Waals surface area contributed by atoms with Gasteiger partial charge in [-0.25, -0.2) is 4.39 Å². The van der Waals surface area contributed by atoms with Gasteiger partial charge in [0.2, 0.25) is 0 Å². The van der Waals surface area contributed by atoms with Crippen molar-refractivity contribution in [1.29, 1.82) is 0 Å². The summed E-state index contributed by atoms with van der Waals surface area (Å²) in [6, 6.07) is 7.09. The van der Waals surface area contributed by atoms with Crippen LogP contribution in [0.2, 0.25) is 5.02 Å². The van der Waals surface area contributed by atoms with E-state index in [1.54, 1.807) is 18.2 Å². The van der Waals surface area contributed by atoms with Crippen molar-refractivity contribution in [2.45, 2.75) is 30.1 Å². The van der Waals surface area contributed by atoms with Gasteiger partial charge in [0, 0.05) is 9.22 Å². The minimum atomic E-state index is -0.768. The highest BCUT2D eigenvalue weighted by Gasteiger charge is 2.45. The molecule has 1 aromatic heterocycles. The van der Waals surface area contributed by atoms with Crippen molar-refractivity contribution < 1.29 is 14.6 Å². The zero-order chi connectivity index (χ0) is 20.6. The number of aliphatic hydroxyl groups is 2. The van der Waals surface area contributed by atoms with Crippen molar-refractivity contribution >= 4 is 78.3 Å². The first-order valence-corrected chi connectivity index (χ1v) is 11.6. The maximum atomic E-state index is 15.2. The van der Waals surface area contributed by atoms with Crippen molar-refractivity contribution in [3.63, 3.8) is 0 Å². The molecular formula is C18H17BrClFN4O2S2. The molecule has 29 heavy (non-hydrogen) atoms. The Morgan fingerprint density at radius 1 is 1.34 bits per heavy atom. The molecule has 0 aliphatic heterocycles. The van der Waals surface area contributed by atoms with Crippen molar-refractivity contribution in [3.8, 4) is 0 Å². The summed E-state index contributed by atoms with van der Waals surface area (Å²) in [5.74, 6) is -0.515. The second-order valence-electron chi connectivity index (χ2n) is 6.91. The van der Waals surface area contributed by atoms with Gasteiger partial charge in [-0.3, -0.25) is 0 Å². The highest BCUT2D eigenvalue weighted by molar-refractivity contribution is 9.10. The van der Waals surface area contributed by atoms with Crippen molar-refractivity contribution in [2.24, 2.45) is 0 Å². The van der Waals surface area contributed by atoms with Gasteiger partial charge in [0.05, 0.1) is 33.8 Å². The zero-order valence-corrected chi connectivity index (χ0v) is 18.9.